The van der Waals surface area contributed by atoms with E-state index in [0.29, 0.717) is 34.3 Å². The van der Waals surface area contributed by atoms with Gasteiger partial charge in [-0.3, -0.25) is 4.90 Å². The molecule has 0 radical (unpaired) electrons. The Bertz CT molecular complexity index is 1330. The van der Waals surface area contributed by atoms with Gasteiger partial charge in [0, 0.05) is 29.6 Å². The SMILES string of the molecule is Cc1c2c(cc3c1oc(=O)c1ccccc13)CN(Cc1ccc(Cl)c(Cl)c1)CO2. The molecule has 0 aliphatic carbocycles. The van der Waals surface area contributed by atoms with Gasteiger partial charge in [0.1, 0.15) is 18.1 Å². The number of halogens is 2. The molecular formula is C23H17Cl2NO3. The van der Waals surface area contributed by atoms with Crippen LogP contribution in [0.2, 0.25) is 10.0 Å². The van der Waals surface area contributed by atoms with Crippen molar-refractivity contribution in [3.05, 3.63) is 85.7 Å². The fraction of sp³-hybridized carbons (Fsp3) is 0.174. The lowest BCUT2D eigenvalue weighted by atomic mass is 10.00. The van der Waals surface area contributed by atoms with Crippen LogP contribution in [0.1, 0.15) is 16.7 Å². The molecule has 5 rings (SSSR count). The number of benzene rings is 3. The zero-order valence-electron chi connectivity index (χ0n) is 15.7. The molecule has 1 aromatic heterocycles. The maximum Gasteiger partial charge on any atom is 0.344 e. The number of nitrogens with zero attached hydrogens (tertiary/aromatic N) is 1. The highest BCUT2D eigenvalue weighted by Gasteiger charge is 2.23. The van der Waals surface area contributed by atoms with Crippen LogP contribution < -0.4 is 10.4 Å². The summed E-state index contributed by atoms with van der Waals surface area (Å²) < 4.78 is 11.7. The number of ether oxygens (including phenoxy) is 1. The monoisotopic (exact) mass is 425 g/mol. The summed E-state index contributed by atoms with van der Waals surface area (Å²) in [6.07, 6.45) is 0. The Labute approximate surface area is 177 Å². The molecule has 0 atom stereocenters. The van der Waals surface area contributed by atoms with Gasteiger partial charge in [0.15, 0.2) is 0 Å². The zero-order valence-corrected chi connectivity index (χ0v) is 17.2. The summed E-state index contributed by atoms with van der Waals surface area (Å²) in [5, 5.41) is 3.50. The number of aryl methyl sites for hydroxylation is 1. The van der Waals surface area contributed by atoms with Crippen molar-refractivity contribution in [2.45, 2.75) is 20.0 Å². The van der Waals surface area contributed by atoms with Crippen LogP contribution in [0.15, 0.2) is 57.7 Å². The first-order valence-corrected chi connectivity index (χ1v) is 10.0. The molecule has 3 aromatic carbocycles. The predicted octanol–water partition coefficient (Wildman–Crippen LogP) is 5.91. The Morgan fingerprint density at radius 1 is 1.00 bits per heavy atom. The first-order chi connectivity index (χ1) is 14.0. The number of fused-ring (bicyclic) bond motifs is 4. The van der Waals surface area contributed by atoms with Crippen LogP contribution in [0.4, 0.5) is 0 Å². The first-order valence-electron chi connectivity index (χ1n) is 9.28. The van der Waals surface area contributed by atoms with E-state index in [0.717, 1.165) is 39.8 Å². The summed E-state index contributed by atoms with van der Waals surface area (Å²) in [5.74, 6) is 0.793. The molecule has 146 valence electrons. The van der Waals surface area contributed by atoms with Crippen LogP contribution in [0.5, 0.6) is 5.75 Å². The highest BCUT2D eigenvalue weighted by Crippen LogP contribution is 2.37. The molecule has 1 aliphatic heterocycles. The van der Waals surface area contributed by atoms with Crippen molar-refractivity contribution >= 4 is 44.9 Å². The van der Waals surface area contributed by atoms with Crippen LogP contribution in [-0.2, 0) is 13.1 Å². The van der Waals surface area contributed by atoms with E-state index in [-0.39, 0.29) is 5.63 Å². The quantitative estimate of drug-likeness (QED) is 0.295. The zero-order chi connectivity index (χ0) is 20.1. The van der Waals surface area contributed by atoms with Gasteiger partial charge in [-0.1, -0.05) is 47.5 Å². The third-order valence-corrected chi connectivity index (χ3v) is 6.08. The number of hydrogen-bond acceptors (Lipinski definition) is 4. The Morgan fingerprint density at radius 2 is 1.79 bits per heavy atom. The summed E-state index contributed by atoms with van der Waals surface area (Å²) in [6, 6.07) is 15.3. The van der Waals surface area contributed by atoms with Crippen LogP contribution in [0.25, 0.3) is 21.7 Å². The number of rotatable bonds is 2. The molecule has 0 amide bonds. The second-order valence-corrected chi connectivity index (χ2v) is 8.12. The van der Waals surface area contributed by atoms with Gasteiger partial charge in [0.2, 0.25) is 0 Å². The Morgan fingerprint density at radius 3 is 2.59 bits per heavy atom. The standard InChI is InChI=1S/C23H17Cl2NO3/c1-13-21-15(9-18-16-4-2-3-5-17(16)23(27)29-22(13)18)11-26(12-28-21)10-14-6-7-19(24)20(25)8-14/h2-9H,10-12H2,1H3. The minimum absolute atomic E-state index is 0.326. The van der Waals surface area contributed by atoms with Crippen LogP contribution in [-0.4, -0.2) is 11.6 Å². The van der Waals surface area contributed by atoms with Gasteiger partial charge in [0.05, 0.1) is 15.4 Å². The van der Waals surface area contributed by atoms with E-state index in [2.05, 4.69) is 11.0 Å². The maximum absolute atomic E-state index is 12.4. The molecule has 0 spiro atoms. The van der Waals surface area contributed by atoms with Gasteiger partial charge in [-0.2, -0.15) is 0 Å². The molecule has 29 heavy (non-hydrogen) atoms. The molecule has 4 aromatic rings. The van der Waals surface area contributed by atoms with E-state index >= 15 is 0 Å². The Balaban J connectivity index is 1.57. The molecule has 0 saturated carbocycles. The first kappa shape index (κ1) is 18.5. The average Bonchev–Trinajstić information content (AvgIpc) is 2.72. The maximum atomic E-state index is 12.4. The van der Waals surface area contributed by atoms with E-state index in [9.17, 15) is 4.79 Å². The summed E-state index contributed by atoms with van der Waals surface area (Å²) in [4.78, 5) is 14.6. The number of hydrogen-bond donors (Lipinski definition) is 0. The van der Waals surface area contributed by atoms with Crippen molar-refractivity contribution in [1.82, 2.24) is 4.90 Å². The van der Waals surface area contributed by atoms with Crippen molar-refractivity contribution in [1.29, 1.82) is 0 Å². The van der Waals surface area contributed by atoms with Crippen molar-refractivity contribution in [3.8, 4) is 5.75 Å². The molecular weight excluding hydrogens is 409 g/mol. The lowest BCUT2D eigenvalue weighted by molar-refractivity contribution is 0.0881. The van der Waals surface area contributed by atoms with Gasteiger partial charge >= 0.3 is 5.63 Å². The summed E-state index contributed by atoms with van der Waals surface area (Å²) in [7, 11) is 0. The van der Waals surface area contributed by atoms with Gasteiger partial charge in [-0.05, 0) is 42.1 Å². The lowest BCUT2D eigenvalue weighted by Gasteiger charge is -2.30. The van der Waals surface area contributed by atoms with E-state index < -0.39 is 0 Å². The Kier molecular flexibility index (Phi) is 4.50. The smallest absolute Gasteiger partial charge is 0.344 e. The van der Waals surface area contributed by atoms with Crippen LogP contribution in [0, 0.1) is 6.92 Å². The topological polar surface area (TPSA) is 42.7 Å². The molecule has 4 nitrogen and oxygen atoms in total. The molecule has 0 N–H and O–H groups in total. The highest BCUT2D eigenvalue weighted by atomic mass is 35.5. The van der Waals surface area contributed by atoms with E-state index in [4.69, 9.17) is 32.4 Å². The van der Waals surface area contributed by atoms with Gasteiger partial charge in [-0.15, -0.1) is 0 Å². The molecule has 6 heteroatoms. The second kappa shape index (κ2) is 7.06. The normalized spacial score (nSPS) is 14.2. The third-order valence-electron chi connectivity index (χ3n) is 5.34. The average molecular weight is 426 g/mol. The third kappa shape index (κ3) is 3.18. The molecule has 2 heterocycles. The van der Waals surface area contributed by atoms with Crippen molar-refractivity contribution in [3.63, 3.8) is 0 Å². The van der Waals surface area contributed by atoms with Crippen LogP contribution >= 0.6 is 23.2 Å². The largest absolute Gasteiger partial charge is 0.477 e. The van der Waals surface area contributed by atoms with Gasteiger partial charge in [-0.25, -0.2) is 4.79 Å². The fourth-order valence-corrected chi connectivity index (χ4v) is 4.31. The van der Waals surface area contributed by atoms with Crippen molar-refractivity contribution in [2.24, 2.45) is 0 Å². The minimum atomic E-state index is -0.326. The second-order valence-electron chi connectivity index (χ2n) is 7.31. The molecule has 1 aliphatic rings. The van der Waals surface area contributed by atoms with Crippen molar-refractivity contribution < 1.29 is 9.15 Å². The summed E-state index contributed by atoms with van der Waals surface area (Å²) >= 11 is 12.2. The molecule has 0 bridgehead atoms. The van der Waals surface area contributed by atoms with E-state index in [1.54, 1.807) is 6.07 Å². The molecule has 0 saturated heterocycles. The lowest BCUT2D eigenvalue weighted by Crippen LogP contribution is -2.31. The highest BCUT2D eigenvalue weighted by molar-refractivity contribution is 6.42. The fourth-order valence-electron chi connectivity index (χ4n) is 3.99. The minimum Gasteiger partial charge on any atom is -0.477 e. The van der Waals surface area contributed by atoms with Crippen molar-refractivity contribution in [2.75, 3.05) is 6.73 Å². The molecule has 0 fully saturated rings. The van der Waals surface area contributed by atoms with Gasteiger partial charge < -0.3 is 9.15 Å². The van der Waals surface area contributed by atoms with Crippen LogP contribution in [0.3, 0.4) is 0 Å². The van der Waals surface area contributed by atoms with E-state index in [1.807, 2.05) is 43.3 Å². The predicted molar refractivity (Wildman–Crippen MR) is 116 cm³/mol. The summed E-state index contributed by atoms with van der Waals surface area (Å²) in [5.41, 5.74) is 3.26. The van der Waals surface area contributed by atoms with E-state index in [1.165, 1.54) is 0 Å². The molecule has 0 unspecified atom stereocenters. The Hall–Kier alpha value is -2.53. The van der Waals surface area contributed by atoms with Gasteiger partial charge in [0.25, 0.3) is 0 Å². The summed E-state index contributed by atoms with van der Waals surface area (Å²) in [6.45, 7) is 3.79.